The molecule has 0 radical (unpaired) electrons. The van der Waals surface area contributed by atoms with Gasteiger partial charge in [-0.15, -0.1) is 0 Å². The number of anilines is 1. The Balaban J connectivity index is 2.08. The molecule has 142 valence electrons. The number of amides is 3. The van der Waals surface area contributed by atoms with Crippen molar-refractivity contribution < 1.29 is 22.8 Å². The van der Waals surface area contributed by atoms with Gasteiger partial charge in [0.15, 0.2) is 0 Å². The molecule has 0 saturated heterocycles. The normalized spacial score (nSPS) is 11.9. The summed E-state index contributed by atoms with van der Waals surface area (Å²) < 4.78 is 37.5. The molecule has 9 heteroatoms. The number of hydrogen-bond acceptors (Lipinski definition) is 2. The van der Waals surface area contributed by atoms with Gasteiger partial charge in [-0.05, 0) is 48.4 Å². The van der Waals surface area contributed by atoms with Gasteiger partial charge in [0.2, 0.25) is 0 Å². The third kappa shape index (κ3) is 5.74. The largest absolute Gasteiger partial charge is 0.426 e. The van der Waals surface area contributed by atoms with Gasteiger partial charge in [-0.25, -0.2) is 4.79 Å². The van der Waals surface area contributed by atoms with Gasteiger partial charge in [-0.2, -0.15) is 13.2 Å². The molecule has 4 nitrogen and oxygen atoms in total. The maximum Gasteiger partial charge on any atom is 0.426 e. The first-order valence-electron chi connectivity index (χ1n) is 7.50. The summed E-state index contributed by atoms with van der Waals surface area (Å²) in [5.74, 6) is -0.689. The van der Waals surface area contributed by atoms with Crippen LogP contribution in [0, 0.1) is 6.92 Å². The Morgan fingerprint density at radius 2 is 1.78 bits per heavy atom. The monoisotopic (exact) mass is 416 g/mol. The molecule has 0 fully saturated rings. The van der Waals surface area contributed by atoms with Crippen molar-refractivity contribution in [2.75, 3.05) is 5.32 Å². The summed E-state index contributed by atoms with van der Waals surface area (Å²) in [7, 11) is 0. The maximum atomic E-state index is 12.5. The zero-order chi connectivity index (χ0) is 20.2. The molecule has 0 atom stereocenters. The average molecular weight is 417 g/mol. The van der Waals surface area contributed by atoms with Crippen LogP contribution in [0.1, 0.15) is 21.5 Å². The smallest absolute Gasteiger partial charge is 0.308 e. The molecule has 0 aliphatic heterocycles. The molecule has 0 aromatic heterocycles. The Morgan fingerprint density at radius 3 is 2.37 bits per heavy atom. The Bertz CT molecular complexity index is 912. The number of aryl methyl sites for hydroxylation is 1. The van der Waals surface area contributed by atoms with Gasteiger partial charge in [0.25, 0.3) is 5.91 Å². The van der Waals surface area contributed by atoms with Crippen molar-refractivity contribution in [2.45, 2.75) is 13.1 Å². The lowest BCUT2D eigenvalue weighted by molar-refractivity contribution is -0.0836. The SMILES string of the molecule is Cc1cc(NC(=O)NC(=O)c2ccccc2Cl)ccc1/C=C(\Cl)C(F)(F)F. The van der Waals surface area contributed by atoms with Crippen LogP contribution in [-0.4, -0.2) is 18.1 Å². The maximum absolute atomic E-state index is 12.5. The molecule has 3 amide bonds. The first kappa shape index (κ1) is 20.8. The topological polar surface area (TPSA) is 58.2 Å². The van der Waals surface area contributed by atoms with E-state index in [0.29, 0.717) is 5.56 Å². The first-order chi connectivity index (χ1) is 12.6. The predicted molar refractivity (Wildman–Crippen MR) is 99.0 cm³/mol. The summed E-state index contributed by atoms with van der Waals surface area (Å²) >= 11 is 11.1. The molecular weight excluding hydrogens is 404 g/mol. The van der Waals surface area contributed by atoms with E-state index in [-0.39, 0.29) is 21.8 Å². The van der Waals surface area contributed by atoms with E-state index >= 15 is 0 Å². The molecule has 0 aliphatic rings. The number of urea groups is 1. The first-order valence-corrected chi connectivity index (χ1v) is 8.25. The number of halogens is 5. The molecule has 2 aromatic carbocycles. The number of benzene rings is 2. The number of nitrogens with one attached hydrogen (secondary N) is 2. The molecular formula is C18H13Cl2F3N2O2. The van der Waals surface area contributed by atoms with E-state index in [1.807, 2.05) is 0 Å². The Hall–Kier alpha value is -2.51. The van der Waals surface area contributed by atoms with Crippen LogP contribution in [0.15, 0.2) is 47.5 Å². The van der Waals surface area contributed by atoms with E-state index in [1.54, 1.807) is 19.1 Å². The zero-order valence-corrected chi connectivity index (χ0v) is 15.3. The quantitative estimate of drug-likeness (QED) is 0.668. The lowest BCUT2D eigenvalue weighted by Crippen LogP contribution is -2.34. The molecule has 0 aliphatic carbocycles. The van der Waals surface area contributed by atoms with Gasteiger partial charge in [0.05, 0.1) is 10.6 Å². The number of imide groups is 1. The summed E-state index contributed by atoms with van der Waals surface area (Å²) in [5.41, 5.74) is 1.12. The van der Waals surface area contributed by atoms with Gasteiger partial charge < -0.3 is 5.32 Å². The van der Waals surface area contributed by atoms with Crippen LogP contribution in [0.5, 0.6) is 0 Å². The van der Waals surface area contributed by atoms with Crippen molar-refractivity contribution in [2.24, 2.45) is 0 Å². The highest BCUT2D eigenvalue weighted by Crippen LogP contribution is 2.31. The Morgan fingerprint density at radius 1 is 1.11 bits per heavy atom. The molecule has 2 aromatic rings. The van der Waals surface area contributed by atoms with E-state index < -0.39 is 23.1 Å². The van der Waals surface area contributed by atoms with Gasteiger partial charge >= 0.3 is 12.2 Å². The highest BCUT2D eigenvalue weighted by Gasteiger charge is 2.32. The van der Waals surface area contributed by atoms with Crippen LogP contribution in [0.25, 0.3) is 6.08 Å². The Kier molecular flexibility index (Phi) is 6.51. The molecule has 2 rings (SSSR count). The van der Waals surface area contributed by atoms with Crippen molar-refractivity contribution >= 4 is 46.9 Å². The molecule has 0 unspecified atom stereocenters. The lowest BCUT2D eigenvalue weighted by Gasteiger charge is -2.10. The third-order valence-electron chi connectivity index (χ3n) is 3.43. The second kappa shape index (κ2) is 8.45. The van der Waals surface area contributed by atoms with Crippen molar-refractivity contribution in [3.05, 3.63) is 69.2 Å². The van der Waals surface area contributed by atoms with Gasteiger partial charge in [0, 0.05) is 5.69 Å². The summed E-state index contributed by atoms with van der Waals surface area (Å²) in [4.78, 5) is 24.0. The van der Waals surface area contributed by atoms with Crippen LogP contribution < -0.4 is 10.6 Å². The van der Waals surface area contributed by atoms with Crippen molar-refractivity contribution in [3.63, 3.8) is 0 Å². The fourth-order valence-electron chi connectivity index (χ4n) is 2.11. The Labute approximate surface area is 163 Å². The third-order valence-corrected chi connectivity index (χ3v) is 4.08. The standard InChI is InChI=1S/C18H13Cl2F3N2O2/c1-10-8-12(7-6-11(10)9-15(20)18(21,22)23)24-17(27)25-16(26)13-4-2-3-5-14(13)19/h2-9H,1H3,(H2,24,25,26,27)/b15-9-. The van der Waals surface area contributed by atoms with Crippen LogP contribution in [0.3, 0.4) is 0 Å². The number of carbonyl (C=O) groups is 2. The molecule has 2 N–H and O–H groups in total. The van der Waals surface area contributed by atoms with E-state index in [1.165, 1.54) is 30.3 Å². The van der Waals surface area contributed by atoms with Crippen LogP contribution in [0.4, 0.5) is 23.7 Å². The van der Waals surface area contributed by atoms with Crippen molar-refractivity contribution in [1.82, 2.24) is 5.32 Å². The molecule has 0 spiro atoms. The summed E-state index contributed by atoms with van der Waals surface area (Å²) in [6, 6.07) is 9.61. The van der Waals surface area contributed by atoms with Gasteiger partial charge in [-0.3, -0.25) is 10.1 Å². The molecule has 0 saturated carbocycles. The number of allylic oxidation sites excluding steroid dienone is 1. The fraction of sp³-hybridized carbons (Fsp3) is 0.111. The zero-order valence-electron chi connectivity index (χ0n) is 13.8. The highest BCUT2D eigenvalue weighted by molar-refractivity contribution is 6.34. The number of rotatable bonds is 3. The molecule has 27 heavy (non-hydrogen) atoms. The minimum Gasteiger partial charge on any atom is -0.308 e. The second-order valence-electron chi connectivity index (χ2n) is 5.45. The number of carbonyl (C=O) groups excluding carboxylic acids is 2. The van der Waals surface area contributed by atoms with E-state index in [0.717, 1.165) is 6.08 Å². The van der Waals surface area contributed by atoms with E-state index in [2.05, 4.69) is 10.6 Å². The second-order valence-corrected chi connectivity index (χ2v) is 6.26. The highest BCUT2D eigenvalue weighted by atomic mass is 35.5. The minimum atomic E-state index is -4.64. The minimum absolute atomic E-state index is 0.132. The lowest BCUT2D eigenvalue weighted by atomic mass is 10.1. The van der Waals surface area contributed by atoms with E-state index in [4.69, 9.17) is 23.2 Å². The average Bonchev–Trinajstić information content (AvgIpc) is 2.56. The fourth-order valence-corrected chi connectivity index (χ4v) is 2.45. The van der Waals surface area contributed by atoms with Crippen molar-refractivity contribution in [1.29, 1.82) is 0 Å². The predicted octanol–water partition coefficient (Wildman–Crippen LogP) is 5.75. The summed E-state index contributed by atoms with van der Waals surface area (Å²) in [6.45, 7) is 1.56. The van der Waals surface area contributed by atoms with Crippen LogP contribution in [-0.2, 0) is 0 Å². The molecule has 0 bridgehead atoms. The van der Waals surface area contributed by atoms with E-state index in [9.17, 15) is 22.8 Å². The van der Waals surface area contributed by atoms with Gasteiger partial charge in [-0.1, -0.05) is 41.4 Å². The van der Waals surface area contributed by atoms with Crippen LogP contribution >= 0.6 is 23.2 Å². The van der Waals surface area contributed by atoms with Crippen molar-refractivity contribution in [3.8, 4) is 0 Å². The molecule has 0 heterocycles. The van der Waals surface area contributed by atoms with Gasteiger partial charge in [0.1, 0.15) is 5.03 Å². The van der Waals surface area contributed by atoms with Crippen LogP contribution in [0.2, 0.25) is 5.02 Å². The summed E-state index contributed by atoms with van der Waals surface area (Å²) in [5, 5.41) is 3.48. The number of hydrogen-bond donors (Lipinski definition) is 2. The number of alkyl halides is 3. The summed E-state index contributed by atoms with van der Waals surface area (Å²) in [6.07, 6.45) is -3.84.